The number of rotatable bonds is 2. The second kappa shape index (κ2) is 4.00. The molecule has 0 bridgehead atoms. The molecule has 17 heavy (non-hydrogen) atoms. The molecule has 1 saturated heterocycles. The highest BCUT2D eigenvalue weighted by atomic mass is 15.3. The first-order chi connectivity index (χ1) is 8.24. The number of anilines is 1. The van der Waals surface area contributed by atoms with E-state index in [0.29, 0.717) is 6.04 Å². The highest BCUT2D eigenvalue weighted by Gasteiger charge is 2.22. The molecular weight excluding hydrogens is 214 g/mol. The van der Waals surface area contributed by atoms with Crippen molar-refractivity contribution < 1.29 is 0 Å². The largest absolute Gasteiger partial charge is 0.398 e. The van der Waals surface area contributed by atoms with E-state index in [9.17, 15) is 0 Å². The van der Waals surface area contributed by atoms with Gasteiger partial charge in [0.1, 0.15) is 5.82 Å². The van der Waals surface area contributed by atoms with Crippen LogP contribution in [0.1, 0.15) is 18.7 Å². The fraction of sp³-hybridized carbons (Fsp3) is 0.500. The lowest BCUT2D eigenvalue weighted by atomic mass is 10.1. The van der Waals surface area contributed by atoms with Gasteiger partial charge in [0.05, 0.1) is 0 Å². The number of likely N-dealkylation sites (N-methyl/N-ethyl adjacent to an activating group) is 1. The molecule has 2 aromatic heterocycles. The number of nitrogens with two attached hydrogens (primary N) is 1. The molecule has 1 aliphatic rings. The van der Waals surface area contributed by atoms with Crippen molar-refractivity contribution in [2.45, 2.75) is 25.3 Å². The van der Waals surface area contributed by atoms with Gasteiger partial charge < -0.3 is 10.6 Å². The summed E-state index contributed by atoms with van der Waals surface area (Å²) >= 11 is 0. The maximum Gasteiger partial charge on any atom is 0.160 e. The first-order valence-electron chi connectivity index (χ1n) is 6.03. The summed E-state index contributed by atoms with van der Waals surface area (Å²) in [7, 11) is 2.18. The molecule has 5 nitrogen and oxygen atoms in total. The minimum Gasteiger partial charge on any atom is -0.398 e. The lowest BCUT2D eigenvalue weighted by Gasteiger charge is -2.18. The van der Waals surface area contributed by atoms with Crippen LogP contribution in [0.2, 0.25) is 0 Å². The van der Waals surface area contributed by atoms with E-state index in [1.165, 1.54) is 19.4 Å². The molecule has 3 heterocycles. The Kier molecular flexibility index (Phi) is 2.48. The lowest BCUT2D eigenvalue weighted by Crippen LogP contribution is -2.27. The molecule has 90 valence electrons. The second-order valence-electron chi connectivity index (χ2n) is 4.79. The van der Waals surface area contributed by atoms with Crippen LogP contribution in [0.3, 0.4) is 0 Å². The zero-order chi connectivity index (χ0) is 11.8. The predicted molar refractivity (Wildman–Crippen MR) is 66.8 cm³/mol. The molecule has 1 aliphatic heterocycles. The van der Waals surface area contributed by atoms with Crippen LogP contribution in [0, 0.1) is 0 Å². The molecule has 2 aromatic rings. The Balaban J connectivity index is 1.92. The summed E-state index contributed by atoms with van der Waals surface area (Å²) in [5.41, 5.74) is 7.42. The topological polar surface area (TPSA) is 59.5 Å². The van der Waals surface area contributed by atoms with Crippen molar-refractivity contribution in [2.24, 2.45) is 0 Å². The maximum absolute atomic E-state index is 5.80. The molecule has 0 saturated carbocycles. The molecule has 5 heteroatoms. The van der Waals surface area contributed by atoms with Gasteiger partial charge in [-0.1, -0.05) is 0 Å². The molecule has 1 fully saturated rings. The van der Waals surface area contributed by atoms with Crippen molar-refractivity contribution in [2.75, 3.05) is 19.3 Å². The molecule has 0 aromatic carbocycles. The van der Waals surface area contributed by atoms with E-state index in [4.69, 9.17) is 5.73 Å². The highest BCUT2D eigenvalue weighted by molar-refractivity contribution is 5.47. The molecule has 3 rings (SSSR count). The summed E-state index contributed by atoms with van der Waals surface area (Å²) in [4.78, 5) is 2.40. The molecule has 0 aliphatic carbocycles. The van der Waals surface area contributed by atoms with Crippen LogP contribution in [0.5, 0.6) is 0 Å². The summed E-state index contributed by atoms with van der Waals surface area (Å²) in [5, 5.41) is 8.43. The van der Waals surface area contributed by atoms with Crippen molar-refractivity contribution in [3.05, 3.63) is 24.2 Å². The number of nitrogens with zero attached hydrogens (tertiary/aromatic N) is 4. The third kappa shape index (κ3) is 1.86. The van der Waals surface area contributed by atoms with Gasteiger partial charge in [0, 0.05) is 24.3 Å². The minimum atomic E-state index is 0.587. The Morgan fingerprint density at radius 3 is 3.06 bits per heavy atom. The Morgan fingerprint density at radius 2 is 2.29 bits per heavy atom. The van der Waals surface area contributed by atoms with Crippen molar-refractivity contribution in [3.63, 3.8) is 0 Å². The highest BCUT2D eigenvalue weighted by Crippen LogP contribution is 2.19. The average molecular weight is 231 g/mol. The monoisotopic (exact) mass is 231 g/mol. The number of fused-ring (bicyclic) bond motifs is 1. The standard InChI is InChI=1S/C12H17N5/c1-16-6-2-3-10(16)7-12-15-14-11-5-4-9(13)8-17(11)12/h4-5,8,10H,2-3,6-7,13H2,1H3. The van der Waals surface area contributed by atoms with E-state index >= 15 is 0 Å². The number of aromatic nitrogens is 3. The van der Waals surface area contributed by atoms with Crippen molar-refractivity contribution in [1.82, 2.24) is 19.5 Å². The number of likely N-dealkylation sites (tertiary alicyclic amines) is 1. The van der Waals surface area contributed by atoms with Crippen molar-refractivity contribution in [3.8, 4) is 0 Å². The van der Waals surface area contributed by atoms with Gasteiger partial charge in [0.25, 0.3) is 0 Å². The van der Waals surface area contributed by atoms with Crippen LogP contribution in [-0.2, 0) is 6.42 Å². The van der Waals surface area contributed by atoms with Crippen LogP contribution in [0.25, 0.3) is 5.65 Å². The number of nitrogen functional groups attached to an aromatic ring is 1. The number of hydrogen-bond acceptors (Lipinski definition) is 4. The lowest BCUT2D eigenvalue weighted by molar-refractivity contribution is 0.305. The van der Waals surface area contributed by atoms with E-state index in [1.54, 1.807) is 0 Å². The molecular formula is C12H17N5. The van der Waals surface area contributed by atoms with Gasteiger partial charge >= 0.3 is 0 Å². The van der Waals surface area contributed by atoms with E-state index in [2.05, 4.69) is 22.1 Å². The van der Waals surface area contributed by atoms with Crippen LogP contribution in [0.15, 0.2) is 18.3 Å². The number of hydrogen-bond donors (Lipinski definition) is 1. The summed E-state index contributed by atoms with van der Waals surface area (Å²) in [6.07, 6.45) is 5.37. The minimum absolute atomic E-state index is 0.587. The van der Waals surface area contributed by atoms with Gasteiger partial charge in [0.2, 0.25) is 0 Å². The van der Waals surface area contributed by atoms with Crippen molar-refractivity contribution in [1.29, 1.82) is 0 Å². The summed E-state index contributed by atoms with van der Waals surface area (Å²) in [6, 6.07) is 4.35. The first kappa shape index (κ1) is 10.5. The average Bonchev–Trinajstić information content (AvgIpc) is 2.88. The van der Waals surface area contributed by atoms with Crippen LogP contribution in [-0.4, -0.2) is 39.1 Å². The number of pyridine rings is 1. The van der Waals surface area contributed by atoms with E-state index in [-0.39, 0.29) is 0 Å². The predicted octanol–water partition coefficient (Wildman–Crippen LogP) is 0.948. The molecule has 0 spiro atoms. The third-order valence-electron chi connectivity index (χ3n) is 3.59. The van der Waals surface area contributed by atoms with Crippen molar-refractivity contribution >= 4 is 11.3 Å². The quantitative estimate of drug-likeness (QED) is 0.836. The fourth-order valence-corrected chi connectivity index (χ4v) is 2.54. The van der Waals surface area contributed by atoms with Gasteiger partial charge in [-0.05, 0) is 38.6 Å². The molecule has 1 unspecified atom stereocenters. The first-order valence-corrected chi connectivity index (χ1v) is 6.03. The zero-order valence-corrected chi connectivity index (χ0v) is 10.0. The van der Waals surface area contributed by atoms with Gasteiger partial charge in [0.15, 0.2) is 5.65 Å². The van der Waals surface area contributed by atoms with Crippen LogP contribution in [0.4, 0.5) is 5.69 Å². The summed E-state index contributed by atoms with van der Waals surface area (Å²) in [6.45, 7) is 1.18. The van der Waals surface area contributed by atoms with Gasteiger partial charge in [-0.3, -0.25) is 4.40 Å². The maximum atomic E-state index is 5.80. The van der Waals surface area contributed by atoms with E-state index < -0.39 is 0 Å². The second-order valence-corrected chi connectivity index (χ2v) is 4.79. The normalized spacial score (nSPS) is 21.4. The van der Waals surface area contributed by atoms with Crippen LogP contribution >= 0.6 is 0 Å². The molecule has 0 radical (unpaired) electrons. The molecule has 0 amide bonds. The Hall–Kier alpha value is -1.62. The Bertz CT molecular complexity index is 533. The van der Waals surface area contributed by atoms with Gasteiger partial charge in [-0.2, -0.15) is 0 Å². The zero-order valence-electron chi connectivity index (χ0n) is 10.0. The SMILES string of the molecule is CN1CCCC1Cc1nnc2ccc(N)cn12. The molecule has 1 atom stereocenters. The van der Waals surface area contributed by atoms with E-state index in [0.717, 1.165) is 23.6 Å². The van der Waals surface area contributed by atoms with E-state index in [1.807, 2.05) is 22.7 Å². The van der Waals surface area contributed by atoms with Gasteiger partial charge in [-0.15, -0.1) is 10.2 Å². The molecule has 2 N–H and O–H groups in total. The Morgan fingerprint density at radius 1 is 1.41 bits per heavy atom. The summed E-state index contributed by atoms with van der Waals surface area (Å²) < 4.78 is 2.00. The fourth-order valence-electron chi connectivity index (χ4n) is 2.54. The summed E-state index contributed by atoms with van der Waals surface area (Å²) in [5.74, 6) is 1.01. The smallest absolute Gasteiger partial charge is 0.160 e. The Labute approximate surface area is 100 Å². The van der Waals surface area contributed by atoms with Crippen LogP contribution < -0.4 is 5.73 Å². The third-order valence-corrected chi connectivity index (χ3v) is 3.59. The van der Waals surface area contributed by atoms with Gasteiger partial charge in [-0.25, -0.2) is 0 Å².